The molecule has 0 aliphatic rings. The first-order chi connectivity index (χ1) is 6.31. The zero-order valence-electron chi connectivity index (χ0n) is 8.59. The molecular formula is C9H15NO4. The normalized spacial score (nSPS) is 14.2. The van der Waals surface area contributed by atoms with Gasteiger partial charge in [-0.05, 0) is 20.3 Å². The minimum absolute atomic E-state index is 0.270. The SMILES string of the molecule is CCC(C)(NC(=O)CC(C)=O)C(=O)O. The first-order valence-corrected chi connectivity index (χ1v) is 4.35. The zero-order chi connectivity index (χ0) is 11.4. The third-order valence-corrected chi connectivity index (χ3v) is 2.00. The van der Waals surface area contributed by atoms with Crippen LogP contribution in [-0.2, 0) is 14.4 Å². The summed E-state index contributed by atoms with van der Waals surface area (Å²) in [6, 6.07) is 0. The molecule has 0 rings (SSSR count). The van der Waals surface area contributed by atoms with E-state index in [2.05, 4.69) is 5.32 Å². The molecule has 0 bridgehead atoms. The van der Waals surface area contributed by atoms with Gasteiger partial charge in [0.25, 0.3) is 0 Å². The number of nitrogens with one attached hydrogen (secondary N) is 1. The topological polar surface area (TPSA) is 83.5 Å². The summed E-state index contributed by atoms with van der Waals surface area (Å²) in [6.07, 6.45) is -0.00511. The van der Waals surface area contributed by atoms with Gasteiger partial charge in [-0.2, -0.15) is 0 Å². The number of amides is 1. The van der Waals surface area contributed by atoms with Crippen molar-refractivity contribution in [2.24, 2.45) is 0 Å². The van der Waals surface area contributed by atoms with Crippen LogP contribution in [-0.4, -0.2) is 28.3 Å². The first-order valence-electron chi connectivity index (χ1n) is 4.35. The minimum atomic E-state index is -1.29. The quantitative estimate of drug-likeness (QED) is 0.628. The lowest BCUT2D eigenvalue weighted by Gasteiger charge is -2.24. The van der Waals surface area contributed by atoms with Crippen molar-refractivity contribution in [1.29, 1.82) is 0 Å². The summed E-state index contributed by atoms with van der Waals surface area (Å²) in [7, 11) is 0. The molecule has 2 N–H and O–H groups in total. The van der Waals surface area contributed by atoms with Crippen LogP contribution in [0.25, 0.3) is 0 Å². The van der Waals surface area contributed by atoms with Crippen molar-refractivity contribution in [3.63, 3.8) is 0 Å². The number of rotatable bonds is 5. The van der Waals surface area contributed by atoms with Crippen LogP contribution in [0.5, 0.6) is 0 Å². The van der Waals surface area contributed by atoms with Gasteiger partial charge in [0, 0.05) is 0 Å². The molecule has 0 spiro atoms. The van der Waals surface area contributed by atoms with Crippen LogP contribution in [0.1, 0.15) is 33.6 Å². The highest BCUT2D eigenvalue weighted by molar-refractivity contribution is 5.98. The predicted octanol–water partition coefficient (Wildman–Crippen LogP) is 0.335. The van der Waals surface area contributed by atoms with Gasteiger partial charge in [-0.1, -0.05) is 6.92 Å². The average Bonchev–Trinajstić information content (AvgIpc) is 2.01. The second-order valence-corrected chi connectivity index (χ2v) is 3.42. The van der Waals surface area contributed by atoms with E-state index in [1.165, 1.54) is 13.8 Å². The van der Waals surface area contributed by atoms with Crippen molar-refractivity contribution in [1.82, 2.24) is 5.32 Å². The molecule has 1 unspecified atom stereocenters. The van der Waals surface area contributed by atoms with Gasteiger partial charge < -0.3 is 10.4 Å². The van der Waals surface area contributed by atoms with E-state index in [4.69, 9.17) is 5.11 Å². The molecule has 0 aliphatic heterocycles. The number of Topliss-reactive ketones (excluding diaryl/α,β-unsaturated/α-hetero) is 1. The van der Waals surface area contributed by atoms with Crippen LogP contribution in [0.2, 0.25) is 0 Å². The Hall–Kier alpha value is -1.39. The van der Waals surface area contributed by atoms with Crippen molar-refractivity contribution in [2.45, 2.75) is 39.2 Å². The Bertz CT molecular complexity index is 262. The Labute approximate surface area is 82.5 Å². The molecule has 0 aromatic heterocycles. The van der Waals surface area contributed by atoms with Crippen LogP contribution in [0.3, 0.4) is 0 Å². The largest absolute Gasteiger partial charge is 0.480 e. The summed E-state index contributed by atoms with van der Waals surface area (Å²) in [5.41, 5.74) is -1.29. The highest BCUT2D eigenvalue weighted by atomic mass is 16.4. The number of carbonyl (C=O) groups excluding carboxylic acids is 2. The van der Waals surface area contributed by atoms with Crippen LogP contribution < -0.4 is 5.32 Å². The fraction of sp³-hybridized carbons (Fsp3) is 0.667. The van der Waals surface area contributed by atoms with Gasteiger partial charge in [-0.15, -0.1) is 0 Å². The molecular weight excluding hydrogens is 186 g/mol. The molecule has 0 saturated heterocycles. The van der Waals surface area contributed by atoms with Gasteiger partial charge in [-0.25, -0.2) is 4.79 Å². The van der Waals surface area contributed by atoms with Crippen molar-refractivity contribution in [2.75, 3.05) is 0 Å². The number of carboxylic acids is 1. The Morgan fingerprint density at radius 2 is 1.86 bits per heavy atom. The van der Waals surface area contributed by atoms with Gasteiger partial charge in [-0.3, -0.25) is 9.59 Å². The molecule has 0 radical (unpaired) electrons. The predicted molar refractivity (Wildman–Crippen MR) is 49.8 cm³/mol. The monoisotopic (exact) mass is 201 g/mol. The summed E-state index contributed by atoms with van der Waals surface area (Å²) in [5.74, 6) is -1.94. The molecule has 0 fully saturated rings. The Morgan fingerprint density at radius 1 is 1.36 bits per heavy atom. The molecule has 0 aromatic carbocycles. The third kappa shape index (κ3) is 3.55. The molecule has 0 saturated carbocycles. The Balaban J connectivity index is 4.39. The van der Waals surface area contributed by atoms with Crippen LogP contribution >= 0.6 is 0 Å². The van der Waals surface area contributed by atoms with Crippen molar-refractivity contribution in [3.8, 4) is 0 Å². The number of hydrogen-bond acceptors (Lipinski definition) is 3. The Morgan fingerprint density at radius 3 is 2.14 bits per heavy atom. The van der Waals surface area contributed by atoms with E-state index in [0.29, 0.717) is 0 Å². The maximum Gasteiger partial charge on any atom is 0.329 e. The first kappa shape index (κ1) is 12.6. The van der Waals surface area contributed by atoms with E-state index in [0.717, 1.165) is 0 Å². The van der Waals surface area contributed by atoms with E-state index in [1.54, 1.807) is 6.92 Å². The van der Waals surface area contributed by atoms with Crippen LogP contribution in [0.15, 0.2) is 0 Å². The maximum absolute atomic E-state index is 11.1. The highest BCUT2D eigenvalue weighted by Gasteiger charge is 2.32. The van der Waals surface area contributed by atoms with Crippen LogP contribution in [0.4, 0.5) is 0 Å². The van der Waals surface area contributed by atoms with Crippen LogP contribution in [0, 0.1) is 0 Å². The summed E-state index contributed by atoms with van der Waals surface area (Å²) < 4.78 is 0. The minimum Gasteiger partial charge on any atom is -0.480 e. The molecule has 0 heterocycles. The standard InChI is InChI=1S/C9H15NO4/c1-4-9(3,8(13)14)10-7(12)5-6(2)11/h4-5H2,1-3H3,(H,10,12)(H,13,14). The molecule has 1 atom stereocenters. The number of carbonyl (C=O) groups is 3. The molecule has 0 aliphatic carbocycles. The van der Waals surface area contributed by atoms with E-state index in [-0.39, 0.29) is 18.6 Å². The van der Waals surface area contributed by atoms with Gasteiger partial charge in [0.05, 0.1) is 6.42 Å². The summed E-state index contributed by atoms with van der Waals surface area (Å²) in [4.78, 5) is 32.5. The summed E-state index contributed by atoms with van der Waals surface area (Å²) in [5, 5.41) is 11.1. The van der Waals surface area contributed by atoms with Gasteiger partial charge in [0.1, 0.15) is 11.3 Å². The third-order valence-electron chi connectivity index (χ3n) is 2.00. The number of ketones is 1. The fourth-order valence-corrected chi connectivity index (χ4v) is 0.871. The second kappa shape index (κ2) is 4.74. The highest BCUT2D eigenvalue weighted by Crippen LogP contribution is 2.09. The lowest BCUT2D eigenvalue weighted by molar-refractivity contribution is -0.147. The van der Waals surface area contributed by atoms with Crippen molar-refractivity contribution in [3.05, 3.63) is 0 Å². The molecule has 80 valence electrons. The summed E-state index contributed by atoms with van der Waals surface area (Å²) >= 11 is 0. The molecule has 5 nitrogen and oxygen atoms in total. The lowest BCUT2D eigenvalue weighted by Crippen LogP contribution is -2.52. The summed E-state index contributed by atoms with van der Waals surface area (Å²) in [6.45, 7) is 4.35. The van der Waals surface area contributed by atoms with Gasteiger partial charge in [0.2, 0.25) is 5.91 Å². The van der Waals surface area contributed by atoms with E-state index < -0.39 is 17.4 Å². The van der Waals surface area contributed by atoms with Crippen molar-refractivity contribution < 1.29 is 19.5 Å². The van der Waals surface area contributed by atoms with Gasteiger partial charge in [0.15, 0.2) is 0 Å². The molecule has 14 heavy (non-hydrogen) atoms. The average molecular weight is 201 g/mol. The molecule has 0 aromatic rings. The maximum atomic E-state index is 11.1. The fourth-order valence-electron chi connectivity index (χ4n) is 0.871. The lowest BCUT2D eigenvalue weighted by atomic mass is 9.99. The molecule has 5 heteroatoms. The van der Waals surface area contributed by atoms with E-state index in [9.17, 15) is 14.4 Å². The zero-order valence-corrected chi connectivity index (χ0v) is 8.59. The van der Waals surface area contributed by atoms with E-state index in [1.807, 2.05) is 0 Å². The van der Waals surface area contributed by atoms with Gasteiger partial charge >= 0.3 is 5.97 Å². The number of aliphatic carboxylic acids is 1. The van der Waals surface area contributed by atoms with E-state index >= 15 is 0 Å². The number of carboxylic acid groups (broad SMARTS) is 1. The smallest absolute Gasteiger partial charge is 0.329 e. The molecule has 1 amide bonds. The number of hydrogen-bond donors (Lipinski definition) is 2. The van der Waals surface area contributed by atoms with Crippen molar-refractivity contribution >= 4 is 17.7 Å². The Kier molecular flexibility index (Phi) is 4.27. The second-order valence-electron chi connectivity index (χ2n) is 3.42.